The van der Waals surface area contributed by atoms with Crippen molar-refractivity contribution in [2.75, 3.05) is 5.73 Å². The molecule has 2 rings (SSSR count). The Hall–Kier alpha value is -1.75. The summed E-state index contributed by atoms with van der Waals surface area (Å²) >= 11 is 4.99. The second-order valence-corrected chi connectivity index (χ2v) is 3.90. The molecule has 1 aromatic carbocycles. The van der Waals surface area contributed by atoms with Crippen molar-refractivity contribution in [3.8, 4) is 0 Å². The Morgan fingerprint density at radius 2 is 2.00 bits per heavy atom. The molecular weight excluding hydrogens is 212 g/mol. The lowest BCUT2D eigenvalue weighted by Crippen LogP contribution is -2.20. The van der Waals surface area contributed by atoms with Gasteiger partial charge in [-0.15, -0.1) is 0 Å². The lowest BCUT2D eigenvalue weighted by molar-refractivity contribution is 0.0880. The molecule has 1 aliphatic heterocycles. The van der Waals surface area contributed by atoms with Gasteiger partial charge in [-0.3, -0.25) is 14.9 Å². The maximum atomic E-state index is 11.4. The zero-order valence-electron chi connectivity index (χ0n) is 7.96. The van der Waals surface area contributed by atoms with Crippen molar-refractivity contribution in [3.63, 3.8) is 0 Å². The van der Waals surface area contributed by atoms with E-state index < -0.39 is 11.8 Å². The van der Waals surface area contributed by atoms with Gasteiger partial charge in [-0.2, -0.15) is 0 Å². The van der Waals surface area contributed by atoms with E-state index in [9.17, 15) is 9.59 Å². The Morgan fingerprint density at radius 3 is 2.60 bits per heavy atom. The first kappa shape index (κ1) is 9.79. The molecule has 0 fully saturated rings. The average Bonchev–Trinajstić information content (AvgIpc) is 2.43. The van der Waals surface area contributed by atoms with Gasteiger partial charge in [0.1, 0.15) is 0 Å². The summed E-state index contributed by atoms with van der Waals surface area (Å²) < 4.78 is 0. The highest BCUT2D eigenvalue weighted by Gasteiger charge is 2.30. The monoisotopic (exact) mass is 220 g/mol. The first-order chi connectivity index (χ1) is 7.02. The van der Waals surface area contributed by atoms with Gasteiger partial charge in [-0.1, -0.05) is 18.3 Å². The molecule has 0 spiro atoms. The molecule has 0 radical (unpaired) electrons. The molecule has 2 amide bonds. The number of anilines is 1. The van der Waals surface area contributed by atoms with Gasteiger partial charge in [0, 0.05) is 10.4 Å². The summed E-state index contributed by atoms with van der Waals surface area (Å²) in [5.41, 5.74) is 7.26. The number of hydrogen-bond donors (Lipinski definition) is 2. The van der Waals surface area contributed by atoms with Crippen molar-refractivity contribution in [1.29, 1.82) is 0 Å². The highest BCUT2D eigenvalue weighted by Crippen LogP contribution is 2.26. The molecule has 4 nitrogen and oxygen atoms in total. The fourth-order valence-corrected chi connectivity index (χ4v) is 1.77. The summed E-state index contributed by atoms with van der Waals surface area (Å²) in [6, 6.07) is 3.23. The number of hydrogen-bond acceptors (Lipinski definition) is 4. The molecule has 1 aliphatic rings. The van der Waals surface area contributed by atoms with Crippen LogP contribution in [0.3, 0.4) is 0 Å². The molecule has 0 bridgehead atoms. The third-order valence-electron chi connectivity index (χ3n) is 2.32. The lowest BCUT2D eigenvalue weighted by Gasteiger charge is -2.06. The summed E-state index contributed by atoms with van der Waals surface area (Å²) in [7, 11) is 0. The largest absolute Gasteiger partial charge is 0.398 e. The predicted octanol–water partition coefficient (Wildman–Crippen LogP) is 0.890. The minimum Gasteiger partial charge on any atom is -0.398 e. The first-order valence-electron chi connectivity index (χ1n) is 4.31. The molecule has 0 unspecified atom stereocenters. The zero-order chi connectivity index (χ0) is 11.2. The molecule has 5 heteroatoms. The summed E-state index contributed by atoms with van der Waals surface area (Å²) in [6.07, 6.45) is 0. The zero-order valence-corrected chi connectivity index (χ0v) is 8.77. The van der Waals surface area contributed by atoms with Gasteiger partial charge in [-0.25, -0.2) is 0 Å². The SMILES string of the molecule is CC(=S)c1ccc2c(c1N)C(=O)NC2=O. The van der Waals surface area contributed by atoms with Gasteiger partial charge in [0.15, 0.2) is 0 Å². The van der Waals surface area contributed by atoms with Crippen LogP contribution in [0.15, 0.2) is 12.1 Å². The fraction of sp³-hybridized carbons (Fsp3) is 0.100. The Bertz CT molecular complexity index is 508. The number of carbonyl (C=O) groups is 2. The smallest absolute Gasteiger partial charge is 0.261 e. The number of nitrogens with one attached hydrogen (secondary N) is 1. The van der Waals surface area contributed by atoms with Gasteiger partial charge in [0.25, 0.3) is 11.8 Å². The highest BCUT2D eigenvalue weighted by molar-refractivity contribution is 7.80. The molecule has 0 aromatic heterocycles. The number of fused-ring (bicyclic) bond motifs is 1. The van der Waals surface area contributed by atoms with E-state index in [0.717, 1.165) is 0 Å². The quantitative estimate of drug-likeness (QED) is 0.319. The molecule has 0 atom stereocenters. The minimum atomic E-state index is -0.453. The van der Waals surface area contributed by atoms with Crippen molar-refractivity contribution >= 4 is 34.6 Å². The molecule has 0 aliphatic carbocycles. The number of imide groups is 1. The van der Waals surface area contributed by atoms with E-state index in [4.69, 9.17) is 18.0 Å². The van der Waals surface area contributed by atoms with E-state index >= 15 is 0 Å². The molecular formula is C10H8N2O2S. The normalized spacial score (nSPS) is 13.7. The fourth-order valence-electron chi connectivity index (χ4n) is 1.59. The van der Waals surface area contributed by atoms with E-state index in [1.807, 2.05) is 0 Å². The van der Waals surface area contributed by atoms with Gasteiger partial charge >= 0.3 is 0 Å². The maximum Gasteiger partial charge on any atom is 0.261 e. The maximum absolute atomic E-state index is 11.4. The minimum absolute atomic E-state index is 0.238. The van der Waals surface area contributed by atoms with Crippen LogP contribution in [0.5, 0.6) is 0 Å². The number of thiocarbonyl (C=S) groups is 1. The van der Waals surface area contributed by atoms with E-state index in [-0.39, 0.29) is 11.3 Å². The van der Waals surface area contributed by atoms with Crippen molar-refractivity contribution < 1.29 is 9.59 Å². The molecule has 1 aromatic rings. The molecule has 0 saturated heterocycles. The van der Waals surface area contributed by atoms with Crippen molar-refractivity contribution in [2.45, 2.75) is 6.92 Å². The molecule has 15 heavy (non-hydrogen) atoms. The van der Waals surface area contributed by atoms with E-state index in [2.05, 4.69) is 5.32 Å². The van der Waals surface area contributed by atoms with Crippen LogP contribution >= 0.6 is 12.2 Å². The Morgan fingerprint density at radius 1 is 1.33 bits per heavy atom. The number of carbonyl (C=O) groups excluding carboxylic acids is 2. The van der Waals surface area contributed by atoms with Crippen molar-refractivity contribution in [1.82, 2.24) is 5.32 Å². The topological polar surface area (TPSA) is 72.2 Å². The van der Waals surface area contributed by atoms with Crippen LogP contribution in [-0.2, 0) is 0 Å². The number of rotatable bonds is 1. The Kier molecular flexibility index (Phi) is 2.04. The second kappa shape index (κ2) is 3.13. The average molecular weight is 220 g/mol. The molecule has 3 N–H and O–H groups in total. The van der Waals surface area contributed by atoms with Crippen molar-refractivity contribution in [2.24, 2.45) is 0 Å². The number of benzene rings is 1. The van der Waals surface area contributed by atoms with E-state index in [1.54, 1.807) is 19.1 Å². The second-order valence-electron chi connectivity index (χ2n) is 3.29. The standard InChI is InChI=1S/C10H8N2O2S/c1-4(15)5-2-3-6-7(8(5)11)10(14)12-9(6)13/h2-3H,11H2,1H3,(H,12,13,14). The number of amides is 2. The molecule has 76 valence electrons. The van der Waals surface area contributed by atoms with Crippen LogP contribution in [0.4, 0.5) is 5.69 Å². The summed E-state index contributed by atoms with van der Waals surface area (Å²) in [6.45, 7) is 1.72. The van der Waals surface area contributed by atoms with Crippen LogP contribution in [0.2, 0.25) is 0 Å². The lowest BCUT2D eigenvalue weighted by atomic mass is 10.0. The molecule has 0 saturated carbocycles. The highest BCUT2D eigenvalue weighted by atomic mass is 32.1. The van der Waals surface area contributed by atoms with Crippen LogP contribution in [0.25, 0.3) is 0 Å². The third kappa shape index (κ3) is 1.32. The van der Waals surface area contributed by atoms with Crippen LogP contribution in [0, 0.1) is 0 Å². The summed E-state index contributed by atoms with van der Waals surface area (Å²) in [5.74, 6) is -0.860. The van der Waals surface area contributed by atoms with Gasteiger partial charge < -0.3 is 5.73 Å². The van der Waals surface area contributed by atoms with Gasteiger partial charge in [0.05, 0.1) is 16.8 Å². The predicted molar refractivity (Wildman–Crippen MR) is 60.0 cm³/mol. The number of nitrogens with two attached hydrogens (primary N) is 1. The van der Waals surface area contributed by atoms with Crippen LogP contribution in [0.1, 0.15) is 33.2 Å². The van der Waals surface area contributed by atoms with Crippen LogP contribution in [-0.4, -0.2) is 16.7 Å². The van der Waals surface area contributed by atoms with Gasteiger partial charge in [0.2, 0.25) is 0 Å². The first-order valence-corrected chi connectivity index (χ1v) is 4.72. The summed E-state index contributed by atoms with van der Waals surface area (Å²) in [4.78, 5) is 23.3. The van der Waals surface area contributed by atoms with E-state index in [1.165, 1.54) is 0 Å². The third-order valence-corrected chi connectivity index (χ3v) is 2.54. The summed E-state index contributed by atoms with van der Waals surface area (Å²) in [5, 5.41) is 2.19. The van der Waals surface area contributed by atoms with Gasteiger partial charge in [-0.05, 0) is 13.0 Å². The van der Waals surface area contributed by atoms with Crippen LogP contribution < -0.4 is 11.1 Å². The van der Waals surface area contributed by atoms with Crippen molar-refractivity contribution in [3.05, 3.63) is 28.8 Å². The van der Waals surface area contributed by atoms with E-state index in [0.29, 0.717) is 16.0 Å². The molecule has 1 heterocycles. The number of nitrogen functional groups attached to an aromatic ring is 1. The Balaban J connectivity index is 2.74. The Labute approximate surface area is 91.5 Å².